The van der Waals surface area contributed by atoms with Crippen molar-refractivity contribution in [2.75, 3.05) is 26.3 Å². The van der Waals surface area contributed by atoms with Gasteiger partial charge in [0.05, 0.1) is 19.1 Å². The summed E-state index contributed by atoms with van der Waals surface area (Å²) in [6.45, 7) is 7.69. The quantitative estimate of drug-likeness (QED) is 0.664. The molecule has 0 spiro atoms. The number of hydrogen-bond acceptors (Lipinski definition) is 2. The zero-order chi connectivity index (χ0) is 10.1. The highest BCUT2D eigenvalue weighted by molar-refractivity contribution is 5.80. The van der Waals surface area contributed by atoms with E-state index in [4.69, 9.17) is 4.74 Å². The van der Waals surface area contributed by atoms with Gasteiger partial charge >= 0.3 is 0 Å². The zero-order valence-corrected chi connectivity index (χ0v) is 9.03. The fraction of sp³-hybridized carbons (Fsp3) is 0.909. The van der Waals surface area contributed by atoms with Gasteiger partial charge in [-0.3, -0.25) is 4.79 Å². The lowest BCUT2D eigenvalue weighted by atomic mass is 9.95. The molecule has 0 aromatic rings. The van der Waals surface area contributed by atoms with Crippen LogP contribution in [0, 0.1) is 17.8 Å². The fourth-order valence-electron chi connectivity index (χ4n) is 2.17. The monoisotopic (exact) mass is 197 g/mol. The van der Waals surface area contributed by atoms with Crippen LogP contribution in [0.25, 0.3) is 0 Å². The molecule has 2 rings (SSSR count). The molecule has 1 atom stereocenters. The molecule has 2 aliphatic heterocycles. The van der Waals surface area contributed by atoms with Crippen LogP contribution in [0.3, 0.4) is 0 Å². The molecule has 0 N–H and O–H groups in total. The number of ether oxygens (including phenoxy) is 1. The first-order chi connectivity index (χ1) is 6.68. The van der Waals surface area contributed by atoms with Crippen LogP contribution >= 0.6 is 0 Å². The SMILES string of the molecule is CC(C)C1CCN(C(=O)C2COC2)C1. The Morgan fingerprint density at radius 2 is 2.14 bits per heavy atom. The summed E-state index contributed by atoms with van der Waals surface area (Å²) in [6, 6.07) is 0. The van der Waals surface area contributed by atoms with Crippen LogP contribution in [0.5, 0.6) is 0 Å². The standard InChI is InChI=1S/C11H19NO2/c1-8(2)9-3-4-12(5-9)11(13)10-6-14-7-10/h8-10H,3-7H2,1-2H3. The van der Waals surface area contributed by atoms with E-state index in [1.807, 2.05) is 4.90 Å². The third-order valence-corrected chi connectivity index (χ3v) is 3.47. The van der Waals surface area contributed by atoms with Crippen molar-refractivity contribution in [1.82, 2.24) is 4.90 Å². The lowest BCUT2D eigenvalue weighted by Gasteiger charge is -2.29. The molecule has 2 heterocycles. The maximum atomic E-state index is 11.8. The number of rotatable bonds is 2. The number of carbonyl (C=O) groups excluding carboxylic acids is 1. The van der Waals surface area contributed by atoms with Crippen molar-refractivity contribution < 1.29 is 9.53 Å². The first kappa shape index (κ1) is 9.97. The van der Waals surface area contributed by atoms with E-state index in [1.54, 1.807) is 0 Å². The minimum absolute atomic E-state index is 0.168. The van der Waals surface area contributed by atoms with Crippen molar-refractivity contribution >= 4 is 5.91 Å². The van der Waals surface area contributed by atoms with Crippen molar-refractivity contribution in [3.05, 3.63) is 0 Å². The molecule has 2 aliphatic rings. The molecule has 0 radical (unpaired) electrons. The fourth-order valence-corrected chi connectivity index (χ4v) is 2.17. The summed E-state index contributed by atoms with van der Waals surface area (Å²) in [4.78, 5) is 13.9. The number of likely N-dealkylation sites (tertiary alicyclic amines) is 1. The highest BCUT2D eigenvalue weighted by atomic mass is 16.5. The van der Waals surface area contributed by atoms with E-state index >= 15 is 0 Å². The lowest BCUT2D eigenvalue weighted by molar-refractivity contribution is -0.148. The predicted molar refractivity (Wildman–Crippen MR) is 53.8 cm³/mol. The van der Waals surface area contributed by atoms with Crippen LogP contribution in [-0.2, 0) is 9.53 Å². The van der Waals surface area contributed by atoms with Gasteiger partial charge in [0, 0.05) is 13.1 Å². The Labute approximate surface area is 85.4 Å². The molecule has 0 bridgehead atoms. The molecule has 0 aromatic carbocycles. The molecular formula is C11H19NO2. The molecule has 1 unspecified atom stereocenters. The van der Waals surface area contributed by atoms with E-state index in [2.05, 4.69) is 13.8 Å². The molecule has 0 saturated carbocycles. The smallest absolute Gasteiger partial charge is 0.230 e. The number of hydrogen-bond donors (Lipinski definition) is 0. The zero-order valence-electron chi connectivity index (χ0n) is 9.03. The van der Waals surface area contributed by atoms with Gasteiger partial charge in [-0.15, -0.1) is 0 Å². The van der Waals surface area contributed by atoms with E-state index in [9.17, 15) is 4.79 Å². The molecule has 3 heteroatoms. The van der Waals surface area contributed by atoms with E-state index < -0.39 is 0 Å². The van der Waals surface area contributed by atoms with Crippen LogP contribution in [0.2, 0.25) is 0 Å². The third-order valence-electron chi connectivity index (χ3n) is 3.47. The maximum Gasteiger partial charge on any atom is 0.230 e. The first-order valence-corrected chi connectivity index (χ1v) is 5.55. The Morgan fingerprint density at radius 3 is 2.57 bits per heavy atom. The summed E-state index contributed by atoms with van der Waals surface area (Å²) in [5, 5.41) is 0. The Kier molecular flexibility index (Phi) is 2.77. The molecule has 0 aliphatic carbocycles. The van der Waals surface area contributed by atoms with Gasteiger partial charge in [-0.05, 0) is 18.3 Å². The highest BCUT2D eigenvalue weighted by Gasteiger charge is 2.35. The van der Waals surface area contributed by atoms with E-state index in [0.29, 0.717) is 31.0 Å². The maximum absolute atomic E-state index is 11.8. The average molecular weight is 197 g/mol. The van der Waals surface area contributed by atoms with Gasteiger partial charge in [-0.2, -0.15) is 0 Å². The molecule has 2 saturated heterocycles. The molecule has 14 heavy (non-hydrogen) atoms. The molecule has 2 fully saturated rings. The van der Waals surface area contributed by atoms with Crippen molar-refractivity contribution in [3.63, 3.8) is 0 Å². The minimum atomic E-state index is 0.168. The minimum Gasteiger partial charge on any atom is -0.380 e. The van der Waals surface area contributed by atoms with Gasteiger partial charge in [0.2, 0.25) is 5.91 Å². The second-order valence-corrected chi connectivity index (χ2v) is 4.81. The number of amides is 1. The highest BCUT2D eigenvalue weighted by Crippen LogP contribution is 2.26. The van der Waals surface area contributed by atoms with Crippen LogP contribution in [0.1, 0.15) is 20.3 Å². The molecule has 1 amide bonds. The van der Waals surface area contributed by atoms with Crippen LogP contribution in [0.4, 0.5) is 0 Å². The van der Waals surface area contributed by atoms with E-state index in [0.717, 1.165) is 13.1 Å². The van der Waals surface area contributed by atoms with Crippen molar-refractivity contribution in [2.24, 2.45) is 17.8 Å². The Balaban J connectivity index is 1.85. The number of nitrogens with zero attached hydrogens (tertiary/aromatic N) is 1. The van der Waals surface area contributed by atoms with E-state index in [-0.39, 0.29) is 5.92 Å². The van der Waals surface area contributed by atoms with Crippen molar-refractivity contribution in [1.29, 1.82) is 0 Å². The van der Waals surface area contributed by atoms with Crippen LogP contribution in [0.15, 0.2) is 0 Å². The Morgan fingerprint density at radius 1 is 1.43 bits per heavy atom. The largest absolute Gasteiger partial charge is 0.380 e. The van der Waals surface area contributed by atoms with Gasteiger partial charge in [-0.25, -0.2) is 0 Å². The van der Waals surface area contributed by atoms with Crippen LogP contribution in [-0.4, -0.2) is 37.1 Å². The summed E-state index contributed by atoms with van der Waals surface area (Å²) in [6.07, 6.45) is 1.18. The number of carbonyl (C=O) groups is 1. The summed E-state index contributed by atoms with van der Waals surface area (Å²) in [7, 11) is 0. The topological polar surface area (TPSA) is 29.5 Å². The Hall–Kier alpha value is -0.570. The Bertz CT molecular complexity index is 223. The van der Waals surface area contributed by atoms with Crippen molar-refractivity contribution in [2.45, 2.75) is 20.3 Å². The summed E-state index contributed by atoms with van der Waals surface area (Å²) >= 11 is 0. The average Bonchev–Trinajstić information content (AvgIpc) is 2.48. The molecule has 80 valence electrons. The molecule has 3 nitrogen and oxygen atoms in total. The van der Waals surface area contributed by atoms with Crippen molar-refractivity contribution in [3.8, 4) is 0 Å². The van der Waals surface area contributed by atoms with Crippen LogP contribution < -0.4 is 0 Å². The first-order valence-electron chi connectivity index (χ1n) is 5.55. The predicted octanol–water partition coefficient (Wildman–Crippen LogP) is 1.14. The van der Waals surface area contributed by atoms with Gasteiger partial charge in [0.1, 0.15) is 0 Å². The summed E-state index contributed by atoms with van der Waals surface area (Å²) < 4.78 is 5.04. The normalized spacial score (nSPS) is 28.2. The van der Waals surface area contributed by atoms with Gasteiger partial charge in [-0.1, -0.05) is 13.8 Å². The van der Waals surface area contributed by atoms with Gasteiger partial charge in [0.15, 0.2) is 0 Å². The summed E-state index contributed by atoms with van der Waals surface area (Å²) in [5.74, 6) is 1.89. The second-order valence-electron chi connectivity index (χ2n) is 4.81. The third kappa shape index (κ3) is 1.78. The second kappa shape index (κ2) is 3.89. The van der Waals surface area contributed by atoms with Gasteiger partial charge in [0.25, 0.3) is 0 Å². The van der Waals surface area contributed by atoms with Gasteiger partial charge < -0.3 is 9.64 Å². The lowest BCUT2D eigenvalue weighted by Crippen LogP contribution is -2.44. The molecule has 0 aromatic heterocycles. The molecular weight excluding hydrogens is 178 g/mol. The summed E-state index contributed by atoms with van der Waals surface area (Å²) in [5.41, 5.74) is 0. The van der Waals surface area contributed by atoms with E-state index in [1.165, 1.54) is 6.42 Å².